The lowest BCUT2D eigenvalue weighted by Gasteiger charge is -2.19. The maximum Gasteiger partial charge on any atom is 0.407 e. The summed E-state index contributed by atoms with van der Waals surface area (Å²) in [5, 5.41) is 9.70. The molecule has 0 bridgehead atoms. The smallest absolute Gasteiger partial charge is 0.407 e. The zero-order chi connectivity index (χ0) is 24.7. The number of rotatable bonds is 8. The number of hydrogen-bond acceptors (Lipinski definition) is 8. The molecular formula is C24H30N6O3S. The normalized spacial score (nSPS) is 11.1. The number of amides is 2. The first-order valence-electron chi connectivity index (χ1n) is 11.0. The van der Waals surface area contributed by atoms with Crippen molar-refractivity contribution in [2.75, 3.05) is 17.2 Å². The molecule has 10 heteroatoms. The van der Waals surface area contributed by atoms with Gasteiger partial charge in [-0.15, -0.1) is 11.3 Å². The molecule has 180 valence electrons. The lowest BCUT2D eigenvalue weighted by atomic mass is 10.2. The van der Waals surface area contributed by atoms with Crippen LogP contribution >= 0.6 is 11.3 Å². The summed E-state index contributed by atoms with van der Waals surface area (Å²) in [6, 6.07) is 9.19. The SMILES string of the molecule is Cc1nc(C)c(-c2ccnc(Nc3cccc(NC(=O)CCCNC(=O)OC(C)(C)C)c3)n2)s1. The summed E-state index contributed by atoms with van der Waals surface area (Å²) in [7, 11) is 0. The van der Waals surface area contributed by atoms with Gasteiger partial charge < -0.3 is 20.7 Å². The molecule has 0 aliphatic rings. The summed E-state index contributed by atoms with van der Waals surface area (Å²) in [4.78, 5) is 38.3. The first kappa shape index (κ1) is 25.1. The highest BCUT2D eigenvalue weighted by Crippen LogP contribution is 2.29. The summed E-state index contributed by atoms with van der Waals surface area (Å²) in [6.45, 7) is 9.70. The van der Waals surface area contributed by atoms with Gasteiger partial charge in [-0.25, -0.2) is 19.7 Å². The third-order valence-corrected chi connectivity index (χ3v) is 5.54. The van der Waals surface area contributed by atoms with Gasteiger partial charge in [-0.05, 0) is 65.3 Å². The average Bonchev–Trinajstić information content (AvgIpc) is 3.08. The van der Waals surface area contributed by atoms with Crippen molar-refractivity contribution >= 4 is 40.7 Å². The number of nitrogens with zero attached hydrogens (tertiary/aromatic N) is 3. The van der Waals surface area contributed by atoms with Crippen LogP contribution in [0.1, 0.15) is 44.3 Å². The number of carbonyl (C=O) groups is 2. The number of anilines is 3. The summed E-state index contributed by atoms with van der Waals surface area (Å²) in [5.74, 6) is 0.317. The number of aryl methyl sites for hydroxylation is 2. The molecule has 2 aromatic heterocycles. The molecular weight excluding hydrogens is 452 g/mol. The predicted molar refractivity (Wildman–Crippen MR) is 134 cm³/mol. The van der Waals surface area contributed by atoms with Gasteiger partial charge in [0.2, 0.25) is 11.9 Å². The number of hydrogen-bond donors (Lipinski definition) is 3. The molecule has 0 aliphatic carbocycles. The second-order valence-electron chi connectivity index (χ2n) is 8.70. The molecule has 2 amide bonds. The molecule has 0 fully saturated rings. The van der Waals surface area contributed by atoms with Gasteiger partial charge in [-0.3, -0.25) is 4.79 Å². The van der Waals surface area contributed by atoms with Crippen LogP contribution in [0.2, 0.25) is 0 Å². The minimum absolute atomic E-state index is 0.141. The topological polar surface area (TPSA) is 118 Å². The molecule has 0 unspecified atom stereocenters. The number of alkyl carbamates (subject to hydrolysis) is 1. The van der Waals surface area contributed by atoms with Gasteiger partial charge in [0.05, 0.1) is 21.3 Å². The van der Waals surface area contributed by atoms with Crippen LogP contribution in [-0.4, -0.2) is 39.1 Å². The van der Waals surface area contributed by atoms with E-state index in [-0.39, 0.29) is 12.3 Å². The Balaban J connectivity index is 1.52. The Kier molecular flexibility index (Phi) is 8.17. The third kappa shape index (κ3) is 7.80. The van der Waals surface area contributed by atoms with E-state index in [0.29, 0.717) is 24.6 Å². The van der Waals surface area contributed by atoms with Crippen molar-refractivity contribution in [3.8, 4) is 10.6 Å². The molecule has 0 radical (unpaired) electrons. The fourth-order valence-corrected chi connectivity index (χ4v) is 3.98. The summed E-state index contributed by atoms with van der Waals surface area (Å²) < 4.78 is 5.17. The van der Waals surface area contributed by atoms with Crippen LogP contribution in [-0.2, 0) is 9.53 Å². The third-order valence-electron chi connectivity index (χ3n) is 4.44. The van der Waals surface area contributed by atoms with Gasteiger partial charge >= 0.3 is 6.09 Å². The van der Waals surface area contributed by atoms with Crippen LogP contribution in [0.5, 0.6) is 0 Å². The maximum absolute atomic E-state index is 12.3. The van der Waals surface area contributed by atoms with Crippen LogP contribution in [0, 0.1) is 13.8 Å². The lowest BCUT2D eigenvalue weighted by Crippen LogP contribution is -2.33. The van der Waals surface area contributed by atoms with Gasteiger partial charge in [-0.1, -0.05) is 6.07 Å². The van der Waals surface area contributed by atoms with Gasteiger partial charge in [0.1, 0.15) is 5.60 Å². The molecule has 0 spiro atoms. The van der Waals surface area contributed by atoms with Crippen LogP contribution in [0.4, 0.5) is 22.1 Å². The minimum atomic E-state index is -0.550. The van der Waals surface area contributed by atoms with E-state index < -0.39 is 11.7 Å². The Labute approximate surface area is 203 Å². The monoisotopic (exact) mass is 482 g/mol. The molecule has 0 atom stereocenters. The second-order valence-corrected chi connectivity index (χ2v) is 9.90. The van der Waals surface area contributed by atoms with Crippen LogP contribution in [0.25, 0.3) is 10.6 Å². The predicted octanol–water partition coefficient (Wildman–Crippen LogP) is 5.20. The molecule has 0 aliphatic heterocycles. The molecule has 0 saturated heterocycles. The Bertz CT molecular complexity index is 1160. The molecule has 2 heterocycles. The molecule has 9 nitrogen and oxygen atoms in total. The Hall–Kier alpha value is -3.53. The van der Waals surface area contributed by atoms with Crippen LogP contribution in [0.15, 0.2) is 36.5 Å². The molecule has 34 heavy (non-hydrogen) atoms. The number of ether oxygens (including phenoxy) is 1. The van der Waals surface area contributed by atoms with Crippen molar-refractivity contribution in [1.82, 2.24) is 20.3 Å². The number of thiazole rings is 1. The Morgan fingerprint density at radius 1 is 1.09 bits per heavy atom. The fraction of sp³-hybridized carbons (Fsp3) is 0.375. The van der Waals surface area contributed by atoms with Gasteiger partial charge in [0, 0.05) is 30.5 Å². The van der Waals surface area contributed by atoms with Crippen molar-refractivity contribution in [2.45, 2.75) is 53.1 Å². The quantitative estimate of drug-likeness (QED) is 0.377. The number of carbonyl (C=O) groups excluding carboxylic acids is 2. The molecule has 3 aromatic rings. The molecule has 3 N–H and O–H groups in total. The fourth-order valence-electron chi connectivity index (χ4n) is 3.10. The van der Waals surface area contributed by atoms with Crippen molar-refractivity contribution in [3.63, 3.8) is 0 Å². The van der Waals surface area contributed by atoms with Crippen molar-refractivity contribution in [1.29, 1.82) is 0 Å². The van der Waals surface area contributed by atoms with E-state index in [2.05, 4.69) is 30.9 Å². The van der Waals surface area contributed by atoms with E-state index in [0.717, 1.165) is 27.0 Å². The Morgan fingerprint density at radius 2 is 1.85 bits per heavy atom. The van der Waals surface area contributed by atoms with Crippen molar-refractivity contribution < 1.29 is 14.3 Å². The van der Waals surface area contributed by atoms with Crippen molar-refractivity contribution in [2.24, 2.45) is 0 Å². The number of benzene rings is 1. The van der Waals surface area contributed by atoms with E-state index in [4.69, 9.17) is 4.74 Å². The summed E-state index contributed by atoms with van der Waals surface area (Å²) in [6.07, 6.45) is 1.99. The van der Waals surface area contributed by atoms with Gasteiger partial charge in [0.25, 0.3) is 0 Å². The summed E-state index contributed by atoms with van der Waals surface area (Å²) >= 11 is 1.60. The van der Waals surface area contributed by atoms with E-state index in [1.807, 2.05) is 44.2 Å². The highest BCUT2D eigenvalue weighted by molar-refractivity contribution is 7.15. The molecule has 3 rings (SSSR count). The highest BCUT2D eigenvalue weighted by Gasteiger charge is 2.15. The van der Waals surface area contributed by atoms with E-state index >= 15 is 0 Å². The first-order chi connectivity index (χ1) is 16.1. The molecule has 1 aromatic carbocycles. The van der Waals surface area contributed by atoms with Crippen LogP contribution < -0.4 is 16.0 Å². The largest absolute Gasteiger partial charge is 0.444 e. The van der Waals surface area contributed by atoms with E-state index in [1.165, 1.54) is 0 Å². The minimum Gasteiger partial charge on any atom is -0.444 e. The van der Waals surface area contributed by atoms with Gasteiger partial charge in [-0.2, -0.15) is 0 Å². The van der Waals surface area contributed by atoms with Crippen LogP contribution in [0.3, 0.4) is 0 Å². The lowest BCUT2D eigenvalue weighted by molar-refractivity contribution is -0.116. The van der Waals surface area contributed by atoms with E-state index in [1.54, 1.807) is 38.3 Å². The first-order valence-corrected chi connectivity index (χ1v) is 11.8. The average molecular weight is 483 g/mol. The standard InChI is InChI=1S/C24H30N6O3S/c1-15-21(34-16(2)27-15)19-11-13-25-22(30-19)29-18-9-6-8-17(14-18)28-20(31)10-7-12-26-23(32)33-24(3,4)5/h6,8-9,11,13-14H,7,10,12H2,1-5H3,(H,26,32)(H,28,31)(H,25,29,30). The molecule has 0 saturated carbocycles. The van der Waals surface area contributed by atoms with Crippen molar-refractivity contribution in [3.05, 3.63) is 47.2 Å². The number of nitrogens with one attached hydrogen (secondary N) is 3. The second kappa shape index (κ2) is 11.1. The maximum atomic E-state index is 12.3. The number of aromatic nitrogens is 3. The zero-order valence-electron chi connectivity index (χ0n) is 20.1. The van der Waals surface area contributed by atoms with Gasteiger partial charge in [0.15, 0.2) is 0 Å². The summed E-state index contributed by atoms with van der Waals surface area (Å²) in [5.41, 5.74) is 2.61. The highest BCUT2D eigenvalue weighted by atomic mass is 32.1. The van der Waals surface area contributed by atoms with E-state index in [9.17, 15) is 9.59 Å². The Morgan fingerprint density at radius 3 is 2.56 bits per heavy atom. The zero-order valence-corrected chi connectivity index (χ0v) is 20.9.